The summed E-state index contributed by atoms with van der Waals surface area (Å²) in [6.45, 7) is 2.75. The molecule has 3 heteroatoms. The van der Waals surface area contributed by atoms with Crippen LogP contribution in [0.5, 0.6) is 0 Å². The van der Waals surface area contributed by atoms with Gasteiger partial charge in [0.05, 0.1) is 6.04 Å². The Labute approximate surface area is 61.2 Å². The van der Waals surface area contributed by atoms with Crippen LogP contribution in [0.4, 0.5) is 0 Å². The van der Waals surface area contributed by atoms with Crippen molar-refractivity contribution < 1.29 is 4.79 Å². The first-order chi connectivity index (χ1) is 4.61. The highest BCUT2D eigenvalue weighted by Gasteiger charge is 2.26. The minimum atomic E-state index is -0.249. The Morgan fingerprint density at radius 3 is 2.80 bits per heavy atom. The van der Waals surface area contributed by atoms with E-state index in [9.17, 15) is 4.79 Å². The molecule has 0 bridgehead atoms. The molecule has 0 aliphatic carbocycles. The number of likely N-dealkylation sites (N-methyl/N-ethyl adjacent to an activating group) is 1. The zero-order chi connectivity index (χ0) is 7.72. The summed E-state index contributed by atoms with van der Waals surface area (Å²) in [6, 6.07) is 0.119. The Kier molecular flexibility index (Phi) is 2.06. The highest BCUT2D eigenvalue weighted by molar-refractivity contribution is 5.85. The zero-order valence-corrected chi connectivity index (χ0v) is 6.50. The van der Waals surface area contributed by atoms with E-state index in [-0.39, 0.29) is 11.8 Å². The van der Waals surface area contributed by atoms with E-state index in [1.165, 1.54) is 0 Å². The van der Waals surface area contributed by atoms with Crippen LogP contribution in [0.25, 0.3) is 0 Å². The van der Waals surface area contributed by atoms with Crippen LogP contribution in [0.3, 0.4) is 0 Å². The number of rotatable bonds is 0. The molecular formula is C7H14N2O. The van der Waals surface area contributed by atoms with Crippen molar-refractivity contribution in [2.75, 3.05) is 13.6 Å². The van der Waals surface area contributed by atoms with Gasteiger partial charge in [-0.05, 0) is 14.0 Å². The molecule has 0 spiro atoms. The molecule has 1 rings (SSSR count). The first-order valence-electron chi connectivity index (χ1n) is 3.60. The number of carbonyl (C=O) groups is 1. The summed E-state index contributed by atoms with van der Waals surface area (Å²) in [7, 11) is 2.00. The predicted molar refractivity (Wildman–Crippen MR) is 39.7 cm³/mol. The number of nitrogens with two attached hydrogens (primary N) is 1. The summed E-state index contributed by atoms with van der Waals surface area (Å²) < 4.78 is 0. The monoisotopic (exact) mass is 142 g/mol. The largest absolute Gasteiger partial charge is 0.320 e. The molecule has 58 valence electrons. The smallest absolute Gasteiger partial charge is 0.152 e. The van der Waals surface area contributed by atoms with E-state index in [1.807, 2.05) is 14.0 Å². The van der Waals surface area contributed by atoms with E-state index >= 15 is 0 Å². The van der Waals surface area contributed by atoms with Crippen LogP contribution < -0.4 is 5.73 Å². The Balaban J connectivity index is 2.54. The third-order valence-corrected chi connectivity index (χ3v) is 2.15. The van der Waals surface area contributed by atoms with Crippen molar-refractivity contribution in [2.45, 2.75) is 25.4 Å². The van der Waals surface area contributed by atoms with E-state index in [1.54, 1.807) is 0 Å². The van der Waals surface area contributed by atoms with Crippen LogP contribution in [0.2, 0.25) is 0 Å². The summed E-state index contributed by atoms with van der Waals surface area (Å²) in [4.78, 5) is 13.1. The number of nitrogens with zero attached hydrogens (tertiary/aromatic N) is 1. The van der Waals surface area contributed by atoms with Gasteiger partial charge in [0, 0.05) is 19.0 Å². The van der Waals surface area contributed by atoms with Crippen molar-refractivity contribution in [3.05, 3.63) is 0 Å². The van der Waals surface area contributed by atoms with Crippen molar-refractivity contribution in [1.82, 2.24) is 4.90 Å². The fourth-order valence-corrected chi connectivity index (χ4v) is 1.19. The molecule has 2 N–H and O–H groups in total. The number of ketones is 1. The molecule has 0 aromatic rings. The predicted octanol–water partition coefficient (Wildman–Crippen LogP) is -0.393. The van der Waals surface area contributed by atoms with Crippen molar-refractivity contribution in [2.24, 2.45) is 5.73 Å². The first kappa shape index (κ1) is 7.69. The van der Waals surface area contributed by atoms with Crippen LogP contribution in [-0.2, 0) is 4.79 Å². The van der Waals surface area contributed by atoms with E-state index in [0.717, 1.165) is 0 Å². The van der Waals surface area contributed by atoms with Crippen LogP contribution in [0.1, 0.15) is 13.3 Å². The maximum atomic E-state index is 11.0. The average Bonchev–Trinajstić information content (AvgIpc) is 1.84. The molecule has 1 aliphatic heterocycles. The molecule has 0 aromatic heterocycles. The Morgan fingerprint density at radius 2 is 2.30 bits per heavy atom. The van der Waals surface area contributed by atoms with E-state index < -0.39 is 0 Å². The summed E-state index contributed by atoms with van der Waals surface area (Å²) in [5.74, 6) is 0.200. The molecule has 0 aromatic carbocycles. The number of piperidine rings is 1. The molecule has 1 aliphatic rings. The normalized spacial score (nSPS) is 36.5. The summed E-state index contributed by atoms with van der Waals surface area (Å²) in [5, 5.41) is 0. The third kappa shape index (κ3) is 1.36. The number of hydrogen-bond donors (Lipinski definition) is 1. The second-order valence-electron chi connectivity index (χ2n) is 3.07. The SMILES string of the molecule is CC1CC(=O)C(N)CN1C. The molecule has 0 saturated carbocycles. The maximum Gasteiger partial charge on any atom is 0.152 e. The quantitative estimate of drug-likeness (QED) is 0.501. The molecular weight excluding hydrogens is 128 g/mol. The lowest BCUT2D eigenvalue weighted by Crippen LogP contribution is -2.51. The molecule has 10 heavy (non-hydrogen) atoms. The number of Topliss-reactive ketones (excluding diaryl/α,β-unsaturated/α-hetero) is 1. The Bertz CT molecular complexity index is 147. The minimum Gasteiger partial charge on any atom is -0.320 e. The summed E-state index contributed by atoms with van der Waals surface area (Å²) >= 11 is 0. The Hall–Kier alpha value is -0.410. The van der Waals surface area contributed by atoms with Gasteiger partial charge in [0.2, 0.25) is 0 Å². The van der Waals surface area contributed by atoms with Gasteiger partial charge in [-0.3, -0.25) is 4.79 Å². The van der Waals surface area contributed by atoms with Crippen LogP contribution in [-0.4, -0.2) is 36.4 Å². The van der Waals surface area contributed by atoms with Gasteiger partial charge in [-0.15, -0.1) is 0 Å². The van der Waals surface area contributed by atoms with Gasteiger partial charge in [0.1, 0.15) is 0 Å². The molecule has 2 unspecified atom stereocenters. The average molecular weight is 142 g/mol. The lowest BCUT2D eigenvalue weighted by molar-refractivity contribution is -0.124. The lowest BCUT2D eigenvalue weighted by atomic mass is 10.00. The molecule has 1 saturated heterocycles. The van der Waals surface area contributed by atoms with Gasteiger partial charge >= 0.3 is 0 Å². The van der Waals surface area contributed by atoms with Gasteiger partial charge in [-0.2, -0.15) is 0 Å². The highest BCUT2D eigenvalue weighted by atomic mass is 16.1. The zero-order valence-electron chi connectivity index (χ0n) is 6.50. The van der Waals surface area contributed by atoms with Gasteiger partial charge in [-0.1, -0.05) is 0 Å². The molecule has 1 heterocycles. The van der Waals surface area contributed by atoms with Crippen LogP contribution >= 0.6 is 0 Å². The van der Waals surface area contributed by atoms with Crippen LogP contribution in [0, 0.1) is 0 Å². The summed E-state index contributed by atoms with van der Waals surface area (Å²) in [5.41, 5.74) is 5.54. The number of carbonyl (C=O) groups excluding carboxylic acids is 1. The van der Waals surface area contributed by atoms with Gasteiger partial charge in [0.25, 0.3) is 0 Å². The second-order valence-corrected chi connectivity index (χ2v) is 3.07. The topological polar surface area (TPSA) is 46.3 Å². The minimum absolute atomic E-state index is 0.200. The van der Waals surface area contributed by atoms with Crippen LogP contribution in [0.15, 0.2) is 0 Å². The van der Waals surface area contributed by atoms with Crippen molar-refractivity contribution in [1.29, 1.82) is 0 Å². The van der Waals surface area contributed by atoms with Gasteiger partial charge in [-0.25, -0.2) is 0 Å². The highest BCUT2D eigenvalue weighted by Crippen LogP contribution is 2.09. The first-order valence-corrected chi connectivity index (χ1v) is 3.60. The van der Waals surface area contributed by atoms with Crippen molar-refractivity contribution in [3.8, 4) is 0 Å². The summed E-state index contributed by atoms with van der Waals surface area (Å²) in [6.07, 6.45) is 0.609. The number of likely N-dealkylation sites (tertiary alicyclic amines) is 1. The van der Waals surface area contributed by atoms with Gasteiger partial charge in [0.15, 0.2) is 5.78 Å². The fraction of sp³-hybridized carbons (Fsp3) is 0.857. The van der Waals surface area contributed by atoms with Gasteiger partial charge < -0.3 is 10.6 Å². The third-order valence-electron chi connectivity index (χ3n) is 2.15. The lowest BCUT2D eigenvalue weighted by Gasteiger charge is -2.32. The molecule has 1 fully saturated rings. The number of hydrogen-bond acceptors (Lipinski definition) is 3. The van der Waals surface area contributed by atoms with E-state index in [2.05, 4.69) is 4.90 Å². The maximum absolute atomic E-state index is 11.0. The molecule has 2 atom stereocenters. The van der Waals surface area contributed by atoms with Crippen molar-refractivity contribution in [3.63, 3.8) is 0 Å². The standard InChI is InChI=1S/C7H14N2O/c1-5-3-7(10)6(8)4-9(5)2/h5-6H,3-4,8H2,1-2H3. The molecule has 0 amide bonds. The van der Waals surface area contributed by atoms with Crippen molar-refractivity contribution >= 4 is 5.78 Å². The fourth-order valence-electron chi connectivity index (χ4n) is 1.19. The molecule has 0 radical (unpaired) electrons. The Morgan fingerprint density at radius 1 is 1.70 bits per heavy atom. The van der Waals surface area contributed by atoms with E-state index in [0.29, 0.717) is 19.0 Å². The molecule has 3 nitrogen and oxygen atoms in total. The second kappa shape index (κ2) is 2.68. The van der Waals surface area contributed by atoms with E-state index in [4.69, 9.17) is 5.73 Å².